The Morgan fingerprint density at radius 1 is 1.29 bits per heavy atom. The molecule has 0 spiro atoms. The Morgan fingerprint density at radius 2 is 2.00 bits per heavy atom. The van der Waals surface area contributed by atoms with Crippen LogP contribution in [0.1, 0.15) is 28.5 Å². The maximum absolute atomic E-state index is 12.6. The molecule has 0 aliphatic carbocycles. The molecule has 10 heteroatoms. The lowest BCUT2D eigenvalue weighted by atomic mass is 10.1. The molecule has 0 saturated heterocycles. The second kappa shape index (κ2) is 9.47. The first kappa shape index (κ1) is 21.6. The van der Waals surface area contributed by atoms with Gasteiger partial charge in [-0.25, -0.2) is 18.2 Å². The van der Waals surface area contributed by atoms with E-state index in [1.54, 1.807) is 51.4 Å². The lowest BCUT2D eigenvalue weighted by Crippen LogP contribution is -2.19. The van der Waals surface area contributed by atoms with Crippen molar-refractivity contribution in [2.75, 3.05) is 25.4 Å². The Kier molecular flexibility index (Phi) is 7.30. The predicted octanol–water partition coefficient (Wildman–Crippen LogP) is 2.36. The normalized spacial score (nSPS) is 11.4. The van der Waals surface area contributed by atoms with Crippen molar-refractivity contribution in [2.24, 2.45) is 0 Å². The summed E-state index contributed by atoms with van der Waals surface area (Å²) in [5, 5.41) is 0.106. The fourth-order valence-corrected chi connectivity index (χ4v) is 4.39. The van der Waals surface area contributed by atoms with Crippen LogP contribution in [0.3, 0.4) is 0 Å². The van der Waals surface area contributed by atoms with Crippen LogP contribution in [0.5, 0.6) is 0 Å². The van der Waals surface area contributed by atoms with Gasteiger partial charge in [0.1, 0.15) is 5.00 Å². The molecule has 0 aliphatic heterocycles. The number of nitrogens with one attached hydrogen (secondary N) is 1. The number of nitrogens with zero attached hydrogens (tertiary/aromatic N) is 2. The van der Waals surface area contributed by atoms with Crippen LogP contribution in [0.2, 0.25) is 0 Å². The summed E-state index contributed by atoms with van der Waals surface area (Å²) in [6.07, 6.45) is 2.95. The number of benzene rings is 1. The number of ether oxygens (including phenoxy) is 1. The van der Waals surface area contributed by atoms with Crippen LogP contribution in [-0.2, 0) is 25.3 Å². The topological polar surface area (TPSA) is 106 Å². The number of carbonyl (C=O) groups excluding carboxylic acids is 2. The number of amides is 1. The molecule has 1 N–H and O–H groups in total. The molecule has 1 aromatic carbocycles. The minimum absolute atomic E-state index is 0.0693. The van der Waals surface area contributed by atoms with E-state index in [0.717, 1.165) is 11.3 Å². The zero-order valence-electron chi connectivity index (χ0n) is 15.7. The smallest absolute Gasteiger partial charge is 0.360 e. The number of aromatic nitrogens is 1. The second-order valence-corrected chi connectivity index (χ2v) is 8.45. The number of anilines is 1. The minimum atomic E-state index is -3.82. The number of hydrogen-bond acceptors (Lipinski definition) is 7. The van der Waals surface area contributed by atoms with Gasteiger partial charge >= 0.3 is 5.97 Å². The number of thiazole rings is 1. The van der Waals surface area contributed by atoms with E-state index in [9.17, 15) is 18.0 Å². The van der Waals surface area contributed by atoms with Gasteiger partial charge in [0.25, 0.3) is 0 Å². The van der Waals surface area contributed by atoms with Gasteiger partial charge in [-0.15, -0.1) is 11.3 Å². The predicted molar refractivity (Wildman–Crippen MR) is 108 cm³/mol. The number of hydrogen-bond donors (Lipinski definition) is 1. The minimum Gasteiger partial charge on any atom is -0.461 e. The van der Waals surface area contributed by atoms with Crippen LogP contribution in [0.25, 0.3) is 6.08 Å². The SMILES string of the molecule is CCOC(=O)c1ncsc1NS(=O)(=O)Cc1ccccc1/C=C/C(=O)N(C)C. The average Bonchev–Trinajstić information content (AvgIpc) is 3.07. The summed E-state index contributed by atoms with van der Waals surface area (Å²) in [6, 6.07) is 6.86. The van der Waals surface area contributed by atoms with E-state index in [1.165, 1.54) is 16.5 Å². The van der Waals surface area contributed by atoms with Crippen LogP contribution in [0.4, 0.5) is 5.00 Å². The monoisotopic (exact) mass is 423 g/mol. The van der Waals surface area contributed by atoms with E-state index in [0.29, 0.717) is 11.1 Å². The summed E-state index contributed by atoms with van der Waals surface area (Å²) < 4.78 is 32.5. The zero-order chi connectivity index (χ0) is 20.7. The van der Waals surface area contributed by atoms with E-state index in [4.69, 9.17) is 4.74 Å². The molecule has 2 rings (SSSR count). The van der Waals surface area contributed by atoms with Crippen molar-refractivity contribution in [2.45, 2.75) is 12.7 Å². The first-order chi connectivity index (χ1) is 13.2. The van der Waals surface area contributed by atoms with Gasteiger partial charge in [0.2, 0.25) is 15.9 Å². The van der Waals surface area contributed by atoms with E-state index in [2.05, 4.69) is 9.71 Å². The Bertz CT molecular complexity index is 981. The molecule has 8 nitrogen and oxygen atoms in total. The van der Waals surface area contributed by atoms with E-state index >= 15 is 0 Å². The maximum atomic E-state index is 12.6. The molecule has 0 aliphatic rings. The molecule has 150 valence electrons. The third-order valence-corrected chi connectivity index (χ3v) is 5.61. The third kappa shape index (κ3) is 5.89. The molecule has 0 atom stereocenters. The summed E-state index contributed by atoms with van der Waals surface area (Å²) in [4.78, 5) is 28.9. The van der Waals surface area contributed by atoms with Gasteiger partial charge in [0.15, 0.2) is 5.69 Å². The summed E-state index contributed by atoms with van der Waals surface area (Å²) in [5.74, 6) is -1.23. The molecule has 1 aromatic heterocycles. The van der Waals surface area contributed by atoms with Crippen molar-refractivity contribution in [3.05, 3.63) is 52.7 Å². The quantitative estimate of drug-likeness (QED) is 0.516. The molecule has 2 aromatic rings. The summed E-state index contributed by atoms with van der Waals surface area (Å²) in [6.45, 7) is 1.81. The standard InChI is InChI=1S/C18H21N3O5S2/c1-4-26-18(23)16-17(27-12-19-16)20-28(24,25)11-14-8-6-5-7-13(14)9-10-15(22)21(2)3/h5-10,12,20H,4,11H2,1-3H3/b10-9+. The molecule has 0 fully saturated rings. The highest BCUT2D eigenvalue weighted by molar-refractivity contribution is 7.92. The van der Waals surface area contributed by atoms with Gasteiger partial charge in [0, 0.05) is 20.2 Å². The van der Waals surface area contributed by atoms with E-state index < -0.39 is 16.0 Å². The molecule has 1 heterocycles. The first-order valence-electron chi connectivity index (χ1n) is 8.32. The number of carbonyl (C=O) groups is 2. The molecule has 0 bridgehead atoms. The van der Waals surface area contributed by atoms with Gasteiger partial charge in [-0.1, -0.05) is 24.3 Å². The third-order valence-electron chi connectivity index (χ3n) is 3.53. The fourth-order valence-electron chi connectivity index (χ4n) is 2.18. The van der Waals surface area contributed by atoms with Crippen LogP contribution >= 0.6 is 11.3 Å². The zero-order valence-corrected chi connectivity index (χ0v) is 17.3. The molecular weight excluding hydrogens is 402 g/mol. The number of rotatable bonds is 8. The van der Waals surface area contributed by atoms with Crippen LogP contribution < -0.4 is 4.72 Å². The molecular formula is C18H21N3O5S2. The second-order valence-electron chi connectivity index (χ2n) is 5.88. The maximum Gasteiger partial charge on any atom is 0.360 e. The molecule has 0 radical (unpaired) electrons. The van der Waals surface area contributed by atoms with Gasteiger partial charge < -0.3 is 9.64 Å². The highest BCUT2D eigenvalue weighted by atomic mass is 32.2. The van der Waals surface area contributed by atoms with Crippen LogP contribution in [0.15, 0.2) is 35.9 Å². The van der Waals surface area contributed by atoms with Crippen molar-refractivity contribution in [3.8, 4) is 0 Å². The lowest BCUT2D eigenvalue weighted by molar-refractivity contribution is -0.123. The van der Waals surface area contributed by atoms with Crippen molar-refractivity contribution in [3.63, 3.8) is 0 Å². The van der Waals surface area contributed by atoms with Crippen molar-refractivity contribution >= 4 is 44.3 Å². The molecule has 0 saturated carbocycles. The Labute approximate surface area is 167 Å². The number of sulfonamides is 1. The van der Waals surface area contributed by atoms with Crippen molar-refractivity contribution < 1.29 is 22.7 Å². The largest absolute Gasteiger partial charge is 0.461 e. The van der Waals surface area contributed by atoms with Crippen molar-refractivity contribution in [1.82, 2.24) is 9.88 Å². The van der Waals surface area contributed by atoms with Gasteiger partial charge in [-0.2, -0.15) is 0 Å². The lowest BCUT2D eigenvalue weighted by Gasteiger charge is -2.10. The summed E-state index contributed by atoms with van der Waals surface area (Å²) in [5.41, 5.74) is 2.42. The molecule has 28 heavy (non-hydrogen) atoms. The molecule has 0 unspecified atom stereocenters. The van der Waals surface area contributed by atoms with E-state index in [1.807, 2.05) is 0 Å². The summed E-state index contributed by atoms with van der Waals surface area (Å²) >= 11 is 0.996. The van der Waals surface area contributed by atoms with Crippen LogP contribution in [-0.4, -0.2) is 50.9 Å². The van der Waals surface area contributed by atoms with Gasteiger partial charge in [-0.3, -0.25) is 9.52 Å². The Balaban J connectivity index is 2.21. The number of likely N-dealkylation sites (N-methyl/N-ethyl adjacent to an activating group) is 1. The summed E-state index contributed by atoms with van der Waals surface area (Å²) in [7, 11) is -0.566. The highest BCUT2D eigenvalue weighted by Crippen LogP contribution is 2.24. The average molecular weight is 424 g/mol. The molecule has 1 amide bonds. The van der Waals surface area contributed by atoms with E-state index in [-0.39, 0.29) is 29.0 Å². The van der Waals surface area contributed by atoms with Crippen LogP contribution in [0, 0.1) is 0 Å². The number of esters is 1. The Hall–Kier alpha value is -2.72. The first-order valence-corrected chi connectivity index (χ1v) is 10.8. The highest BCUT2D eigenvalue weighted by Gasteiger charge is 2.21. The van der Waals surface area contributed by atoms with Gasteiger partial charge in [0.05, 0.1) is 17.9 Å². The van der Waals surface area contributed by atoms with Gasteiger partial charge in [-0.05, 0) is 24.1 Å². The Morgan fingerprint density at radius 3 is 2.68 bits per heavy atom. The van der Waals surface area contributed by atoms with Crippen molar-refractivity contribution in [1.29, 1.82) is 0 Å². The fraction of sp³-hybridized carbons (Fsp3) is 0.278.